The molecule has 0 aliphatic rings. The topological polar surface area (TPSA) is 55.1 Å². The predicted molar refractivity (Wildman–Crippen MR) is 70.6 cm³/mol. The number of carbonyl (C=O) groups excluding carboxylic acids is 1. The third kappa shape index (κ3) is 3.63. The highest BCUT2D eigenvalue weighted by molar-refractivity contribution is 9.10. The van der Waals surface area contributed by atoms with E-state index in [1.807, 2.05) is 0 Å². The summed E-state index contributed by atoms with van der Waals surface area (Å²) in [4.78, 5) is 11.6. The molecule has 1 unspecified atom stereocenters. The molecule has 0 spiro atoms. The van der Waals surface area contributed by atoms with Gasteiger partial charge in [-0.1, -0.05) is 33.6 Å². The second-order valence-electron chi connectivity index (χ2n) is 3.24. The van der Waals surface area contributed by atoms with Gasteiger partial charge in [-0.25, -0.2) is 0 Å². The van der Waals surface area contributed by atoms with Gasteiger partial charge in [0.1, 0.15) is 0 Å². The van der Waals surface area contributed by atoms with Gasteiger partial charge in [-0.3, -0.25) is 4.79 Å². The average molecular weight is 304 g/mol. The number of anilines is 1. The van der Waals surface area contributed by atoms with Crippen LogP contribution < -0.4 is 11.1 Å². The van der Waals surface area contributed by atoms with E-state index in [9.17, 15) is 4.79 Å². The summed E-state index contributed by atoms with van der Waals surface area (Å²) in [7, 11) is 0. The fourth-order valence-corrected chi connectivity index (χ4v) is 1.63. The van der Waals surface area contributed by atoms with Crippen LogP contribution in [0.4, 0.5) is 5.69 Å². The van der Waals surface area contributed by atoms with Crippen LogP contribution in [0.1, 0.15) is 6.42 Å². The van der Waals surface area contributed by atoms with Crippen molar-refractivity contribution in [3.8, 4) is 0 Å². The predicted octanol–water partition coefficient (Wildman–Crippen LogP) is 2.94. The number of amides is 1. The minimum Gasteiger partial charge on any atom is -0.323 e. The lowest BCUT2D eigenvalue weighted by Gasteiger charge is -2.11. The molecule has 0 aliphatic carbocycles. The molecule has 0 fully saturated rings. The highest BCUT2D eigenvalue weighted by atomic mass is 79.9. The third-order valence-electron chi connectivity index (χ3n) is 1.94. The van der Waals surface area contributed by atoms with Gasteiger partial charge in [0.15, 0.2) is 0 Å². The van der Waals surface area contributed by atoms with Gasteiger partial charge in [-0.15, -0.1) is 6.58 Å². The van der Waals surface area contributed by atoms with Crippen LogP contribution >= 0.6 is 27.5 Å². The second kappa shape index (κ2) is 6.03. The maximum atomic E-state index is 11.6. The van der Waals surface area contributed by atoms with E-state index in [1.54, 1.807) is 24.3 Å². The van der Waals surface area contributed by atoms with Crippen LogP contribution in [0, 0.1) is 0 Å². The summed E-state index contributed by atoms with van der Waals surface area (Å²) >= 11 is 9.22. The van der Waals surface area contributed by atoms with Crippen molar-refractivity contribution in [2.75, 3.05) is 5.32 Å². The molecule has 1 aromatic rings. The van der Waals surface area contributed by atoms with E-state index in [1.165, 1.54) is 0 Å². The molecule has 86 valence electrons. The van der Waals surface area contributed by atoms with E-state index in [4.69, 9.17) is 17.3 Å². The van der Waals surface area contributed by atoms with Crippen molar-refractivity contribution < 1.29 is 4.79 Å². The summed E-state index contributed by atoms with van der Waals surface area (Å²) in [6.07, 6.45) is 2.03. The summed E-state index contributed by atoms with van der Waals surface area (Å²) in [6.45, 7) is 3.53. The van der Waals surface area contributed by atoms with Crippen LogP contribution in [-0.2, 0) is 4.79 Å². The van der Waals surface area contributed by atoms with E-state index in [0.717, 1.165) is 4.47 Å². The zero-order valence-electron chi connectivity index (χ0n) is 8.54. The summed E-state index contributed by atoms with van der Waals surface area (Å²) in [5.74, 6) is -0.278. The second-order valence-corrected chi connectivity index (χ2v) is 4.57. The average Bonchev–Trinajstić information content (AvgIpc) is 2.23. The lowest BCUT2D eigenvalue weighted by atomic mass is 10.2. The van der Waals surface area contributed by atoms with Crippen molar-refractivity contribution in [2.24, 2.45) is 5.73 Å². The van der Waals surface area contributed by atoms with Crippen molar-refractivity contribution in [1.29, 1.82) is 0 Å². The normalized spacial score (nSPS) is 11.9. The van der Waals surface area contributed by atoms with Gasteiger partial charge in [0.2, 0.25) is 5.91 Å². The zero-order valence-corrected chi connectivity index (χ0v) is 10.9. The first-order valence-electron chi connectivity index (χ1n) is 4.67. The first-order chi connectivity index (χ1) is 7.54. The molecule has 5 heteroatoms. The Morgan fingerprint density at radius 2 is 2.38 bits per heavy atom. The number of halogens is 2. The summed E-state index contributed by atoms with van der Waals surface area (Å²) in [6, 6.07) is 4.61. The van der Waals surface area contributed by atoms with Gasteiger partial charge < -0.3 is 11.1 Å². The Labute approximate surface area is 108 Å². The fraction of sp³-hybridized carbons (Fsp3) is 0.182. The van der Waals surface area contributed by atoms with Crippen molar-refractivity contribution in [2.45, 2.75) is 12.5 Å². The minimum atomic E-state index is -0.604. The smallest absolute Gasteiger partial charge is 0.241 e. The number of nitrogens with one attached hydrogen (secondary N) is 1. The number of rotatable bonds is 4. The molecular formula is C11H12BrClN2O. The summed E-state index contributed by atoms with van der Waals surface area (Å²) in [5.41, 5.74) is 6.17. The van der Waals surface area contributed by atoms with Gasteiger partial charge in [-0.2, -0.15) is 0 Å². The van der Waals surface area contributed by atoms with Gasteiger partial charge in [-0.05, 0) is 24.6 Å². The Morgan fingerprint density at radius 1 is 1.69 bits per heavy atom. The van der Waals surface area contributed by atoms with Crippen LogP contribution in [0.5, 0.6) is 0 Å². The van der Waals surface area contributed by atoms with Crippen LogP contribution in [0.2, 0.25) is 5.02 Å². The van der Waals surface area contributed by atoms with Crippen molar-refractivity contribution in [1.82, 2.24) is 0 Å². The number of hydrogen-bond donors (Lipinski definition) is 2. The van der Waals surface area contributed by atoms with E-state index >= 15 is 0 Å². The molecule has 0 bridgehead atoms. The molecule has 3 nitrogen and oxygen atoms in total. The molecule has 1 rings (SSSR count). The van der Waals surface area contributed by atoms with Gasteiger partial charge >= 0.3 is 0 Å². The molecule has 1 atom stereocenters. The van der Waals surface area contributed by atoms with Crippen LogP contribution in [0.15, 0.2) is 35.3 Å². The molecule has 0 aromatic heterocycles. The molecule has 0 heterocycles. The number of nitrogens with two attached hydrogens (primary N) is 1. The number of carbonyl (C=O) groups is 1. The zero-order chi connectivity index (χ0) is 12.1. The Balaban J connectivity index is 2.76. The van der Waals surface area contributed by atoms with E-state index in [0.29, 0.717) is 17.1 Å². The maximum absolute atomic E-state index is 11.6. The van der Waals surface area contributed by atoms with Crippen LogP contribution in [0.3, 0.4) is 0 Å². The monoisotopic (exact) mass is 302 g/mol. The molecule has 3 N–H and O–H groups in total. The maximum Gasteiger partial charge on any atom is 0.241 e. The highest BCUT2D eigenvalue weighted by Gasteiger charge is 2.13. The van der Waals surface area contributed by atoms with Crippen LogP contribution in [0.25, 0.3) is 0 Å². The molecule has 0 saturated carbocycles. The standard InChI is InChI=1S/C11H12BrClN2O/c1-2-3-9(14)11(16)15-10-6-7(12)4-5-8(10)13/h2,4-6,9H,1,3,14H2,(H,15,16). The molecule has 0 aliphatic heterocycles. The van der Waals surface area contributed by atoms with Crippen molar-refractivity contribution in [3.63, 3.8) is 0 Å². The fourth-order valence-electron chi connectivity index (χ4n) is 1.11. The Hall–Kier alpha value is -0.840. The molecule has 0 saturated heterocycles. The lowest BCUT2D eigenvalue weighted by Crippen LogP contribution is -2.35. The largest absolute Gasteiger partial charge is 0.323 e. The Bertz CT molecular complexity index is 409. The highest BCUT2D eigenvalue weighted by Crippen LogP contribution is 2.25. The third-order valence-corrected chi connectivity index (χ3v) is 2.77. The molecule has 0 radical (unpaired) electrons. The molecular weight excluding hydrogens is 291 g/mol. The van der Waals surface area contributed by atoms with Gasteiger partial charge in [0.25, 0.3) is 0 Å². The quantitative estimate of drug-likeness (QED) is 0.840. The van der Waals surface area contributed by atoms with Gasteiger partial charge in [0, 0.05) is 4.47 Å². The summed E-state index contributed by atoms with van der Waals surface area (Å²) in [5, 5.41) is 3.14. The number of benzene rings is 1. The molecule has 1 aromatic carbocycles. The Kier molecular flexibility index (Phi) is 4.99. The number of hydrogen-bond acceptors (Lipinski definition) is 2. The van der Waals surface area contributed by atoms with E-state index < -0.39 is 6.04 Å². The van der Waals surface area contributed by atoms with Crippen LogP contribution in [-0.4, -0.2) is 11.9 Å². The Morgan fingerprint density at radius 3 is 3.00 bits per heavy atom. The molecule has 16 heavy (non-hydrogen) atoms. The van der Waals surface area contributed by atoms with Gasteiger partial charge in [0.05, 0.1) is 16.8 Å². The first kappa shape index (κ1) is 13.2. The minimum absolute atomic E-state index is 0.278. The first-order valence-corrected chi connectivity index (χ1v) is 5.84. The SMILES string of the molecule is C=CCC(N)C(=O)Nc1cc(Br)ccc1Cl. The van der Waals surface area contributed by atoms with Crippen molar-refractivity contribution >= 4 is 39.1 Å². The molecule has 1 amide bonds. The van der Waals surface area contributed by atoms with Crippen molar-refractivity contribution in [3.05, 3.63) is 40.3 Å². The summed E-state index contributed by atoms with van der Waals surface area (Å²) < 4.78 is 0.837. The van der Waals surface area contributed by atoms with E-state index in [2.05, 4.69) is 27.8 Å². The van der Waals surface area contributed by atoms with E-state index in [-0.39, 0.29) is 5.91 Å². The lowest BCUT2D eigenvalue weighted by molar-refractivity contribution is -0.117.